The first-order chi connectivity index (χ1) is 63.2. The van der Waals surface area contributed by atoms with Crippen LogP contribution in [0.25, 0.3) is 0 Å². The molecule has 0 aromatic rings. The van der Waals surface area contributed by atoms with E-state index >= 15 is 0 Å². The van der Waals surface area contributed by atoms with Gasteiger partial charge < -0.3 is 34.2 Å². The van der Waals surface area contributed by atoms with E-state index in [1.807, 2.05) is 0 Å². The molecule has 16 nitrogen and oxygen atoms in total. The summed E-state index contributed by atoms with van der Waals surface area (Å²) in [5, 5.41) is 20.8. The maximum Gasteiger partial charge on any atom is 0.472 e. The van der Waals surface area contributed by atoms with E-state index in [-0.39, 0.29) is 19.3 Å². The van der Waals surface area contributed by atoms with Gasteiger partial charge in [0.05, 0.1) is 26.4 Å². The highest BCUT2D eigenvalue weighted by Gasteiger charge is 2.30. The molecular formula is C111H190O16P2. The van der Waals surface area contributed by atoms with Crippen LogP contribution >= 0.6 is 15.6 Å². The van der Waals surface area contributed by atoms with Gasteiger partial charge in [-0.3, -0.25) is 32.5 Å². The lowest BCUT2D eigenvalue weighted by molar-refractivity contribution is -0.161. The summed E-state index contributed by atoms with van der Waals surface area (Å²) in [6, 6.07) is 0. The number of carbonyl (C=O) groups is 3. The van der Waals surface area contributed by atoms with E-state index < -0.39 is 91.5 Å². The number of esters is 3. The molecule has 0 amide bonds. The predicted molar refractivity (Wildman–Crippen MR) is 546 cm³/mol. The summed E-state index contributed by atoms with van der Waals surface area (Å²) in [6.07, 6.45) is 135. The molecule has 4 N–H and O–H groups in total. The van der Waals surface area contributed by atoms with E-state index in [9.17, 15) is 43.5 Å². The highest BCUT2D eigenvalue weighted by Crippen LogP contribution is 2.45. The largest absolute Gasteiger partial charge is 0.472 e. The Morgan fingerprint density at radius 1 is 0.225 bits per heavy atom. The van der Waals surface area contributed by atoms with Crippen LogP contribution in [0.5, 0.6) is 0 Å². The maximum absolute atomic E-state index is 13.1. The Morgan fingerprint density at radius 3 is 0.651 bits per heavy atom. The third kappa shape index (κ3) is 103. The Hall–Kier alpha value is -5.35. The Morgan fingerprint density at radius 2 is 0.411 bits per heavy atom. The van der Waals surface area contributed by atoms with Gasteiger partial charge in [-0.05, 0) is 161 Å². The minimum absolute atomic E-state index is 0.0975. The van der Waals surface area contributed by atoms with E-state index in [1.54, 1.807) is 0 Å². The van der Waals surface area contributed by atoms with Crippen LogP contribution in [0.2, 0.25) is 0 Å². The lowest BCUT2D eigenvalue weighted by atomic mass is 10.0. The summed E-state index contributed by atoms with van der Waals surface area (Å²) in [6.45, 7) is 2.50. The zero-order valence-electron chi connectivity index (χ0n) is 82.0. The first kappa shape index (κ1) is 124. The number of phosphoric ester groups is 2. The minimum atomic E-state index is -4.95. The van der Waals surface area contributed by atoms with E-state index in [4.69, 9.17) is 32.3 Å². The lowest BCUT2D eigenvalue weighted by Gasteiger charge is -2.21. The highest BCUT2D eigenvalue weighted by molar-refractivity contribution is 7.47. The molecule has 0 spiro atoms. The molecular weight excluding hydrogens is 1650 g/mol. The Bertz CT molecular complexity index is 3080. The average molecular weight is 1840 g/mol. The fourth-order valence-electron chi connectivity index (χ4n) is 14.3. The van der Waals surface area contributed by atoms with Gasteiger partial charge in [-0.1, -0.05) is 447 Å². The molecule has 18 heteroatoms. The number of carbonyl (C=O) groups excluding carboxylic acids is 3. The van der Waals surface area contributed by atoms with Gasteiger partial charge in [0.25, 0.3) is 0 Å². The highest BCUT2D eigenvalue weighted by atomic mass is 31.2. The van der Waals surface area contributed by atoms with Gasteiger partial charge in [0.1, 0.15) is 25.4 Å². The van der Waals surface area contributed by atoms with E-state index in [2.05, 4.69) is 203 Å². The van der Waals surface area contributed by atoms with Crippen molar-refractivity contribution in [3.05, 3.63) is 182 Å². The third-order valence-corrected chi connectivity index (χ3v) is 24.0. The molecule has 740 valence electrons. The van der Waals surface area contributed by atoms with Crippen molar-refractivity contribution in [2.45, 2.75) is 463 Å². The molecule has 5 unspecified atom stereocenters. The number of ether oxygens (including phenoxy) is 3. The standard InChI is InChI=1S/C111H190O16P2/c1-4-7-10-13-16-19-22-25-28-31-34-37-40-43-46-48-50-51-52-53-55-57-59-61-64-67-70-73-76-79-82-85-88-91-94-97-109(114)121-100-106(112)101-123-128(117,118)124-102-107(113)103-125-129(119,120)126-105-108(127-111(116)99-96-93-90-87-84-81-78-75-72-69-66-63-58-45-42-39-36-33-30-27-24-21-18-15-12-9-6-3)104-122-110(115)98-95-92-89-86-83-80-77-74-71-68-65-62-60-56-54-49-47-44-41-38-35-32-29-26-23-20-17-14-11-8-5-2/h7,9-10,12,16-21,25-30,34-39,43-47,50-51,58,106-108,112-113H,4-6,8,11,13-15,22-24,31-33,40-42,48-49,52-57,59-105H2,1-3H3,(H,117,118)(H,119,120)/b10-7-,12-9-,19-16-,20-17-,21-18-,28-25-,29-26-,30-27-,37-34-,38-35-,39-36-,46-43-,47-44-,51-50-,58-45-. The normalized spacial score (nSPS) is 14.4. The summed E-state index contributed by atoms with van der Waals surface area (Å²) >= 11 is 0. The molecule has 5 atom stereocenters. The van der Waals surface area contributed by atoms with Gasteiger partial charge >= 0.3 is 33.6 Å². The van der Waals surface area contributed by atoms with Crippen LogP contribution in [0.15, 0.2) is 182 Å². The monoisotopic (exact) mass is 1840 g/mol. The minimum Gasteiger partial charge on any atom is -0.463 e. The number of phosphoric acid groups is 2. The van der Waals surface area contributed by atoms with Crippen LogP contribution in [0, 0.1) is 0 Å². The second-order valence-corrected chi connectivity index (χ2v) is 37.5. The summed E-state index contributed by atoms with van der Waals surface area (Å²) in [5.74, 6) is -1.56. The predicted octanol–water partition coefficient (Wildman–Crippen LogP) is 33.1. The van der Waals surface area contributed by atoms with Gasteiger partial charge in [-0.15, -0.1) is 0 Å². The maximum atomic E-state index is 13.1. The van der Waals surface area contributed by atoms with Crippen molar-refractivity contribution < 1.29 is 75.8 Å². The van der Waals surface area contributed by atoms with Crippen molar-refractivity contribution in [2.24, 2.45) is 0 Å². The molecule has 0 heterocycles. The molecule has 129 heavy (non-hydrogen) atoms. The molecule has 0 fully saturated rings. The van der Waals surface area contributed by atoms with Crippen molar-refractivity contribution in [1.29, 1.82) is 0 Å². The van der Waals surface area contributed by atoms with Crippen molar-refractivity contribution in [3.8, 4) is 0 Å². The number of unbranched alkanes of at least 4 members (excludes halogenated alkanes) is 45. The zero-order valence-corrected chi connectivity index (χ0v) is 83.8. The van der Waals surface area contributed by atoms with Gasteiger partial charge in [-0.2, -0.15) is 0 Å². The van der Waals surface area contributed by atoms with Crippen LogP contribution in [0.1, 0.15) is 445 Å². The SMILES string of the molecule is CC/C=C\C/C=C\C/C=C\C/C=C\C/C=C\C/C=C\CCCCCCCCCCCCCCCCCCC(=O)OCC(O)COP(=O)(O)OCC(O)COP(=O)(O)OCC(COC(=O)CCCCCCCCCCCCCCCCC/C=C\C/C=C\C/C=C\C/C=C\CCCCC)OC(=O)CCCCCCCCCCCCC/C=C\C/C=C\C/C=C\C/C=C\C/C=C\CC. The zero-order chi connectivity index (χ0) is 93.5. The van der Waals surface area contributed by atoms with E-state index in [1.165, 1.54) is 225 Å². The van der Waals surface area contributed by atoms with Gasteiger partial charge in [0.15, 0.2) is 6.10 Å². The quantitative estimate of drug-likeness (QED) is 0.0146. The summed E-state index contributed by atoms with van der Waals surface area (Å²) in [5.41, 5.74) is 0. The average Bonchev–Trinajstić information content (AvgIpc) is 0.899. The number of allylic oxidation sites excluding steroid dienone is 30. The fraction of sp³-hybridized carbons (Fsp3) is 0.703. The molecule has 0 aromatic carbocycles. The number of hydrogen-bond acceptors (Lipinski definition) is 14. The van der Waals surface area contributed by atoms with Crippen molar-refractivity contribution >= 4 is 33.6 Å². The summed E-state index contributed by atoms with van der Waals surface area (Å²) in [7, 11) is -9.82. The molecule has 0 aromatic heterocycles. The first-order valence-electron chi connectivity index (χ1n) is 52.1. The van der Waals surface area contributed by atoms with Gasteiger partial charge in [-0.25, -0.2) is 9.13 Å². The molecule has 0 saturated heterocycles. The van der Waals surface area contributed by atoms with E-state index in [0.29, 0.717) is 19.3 Å². The van der Waals surface area contributed by atoms with Crippen LogP contribution in [-0.2, 0) is 55.8 Å². The Balaban J connectivity index is 4.59. The summed E-state index contributed by atoms with van der Waals surface area (Å²) in [4.78, 5) is 59.2. The number of aliphatic hydroxyl groups excluding tert-OH is 2. The molecule has 0 aliphatic heterocycles. The van der Waals surface area contributed by atoms with Gasteiger partial charge in [0, 0.05) is 19.3 Å². The second-order valence-electron chi connectivity index (χ2n) is 34.6. The second kappa shape index (κ2) is 102. The van der Waals surface area contributed by atoms with Crippen molar-refractivity contribution in [3.63, 3.8) is 0 Å². The van der Waals surface area contributed by atoms with E-state index in [0.717, 1.165) is 161 Å². The number of rotatable bonds is 98. The molecule has 0 radical (unpaired) electrons. The summed E-state index contributed by atoms with van der Waals surface area (Å²) < 4.78 is 61.7. The van der Waals surface area contributed by atoms with Crippen LogP contribution in [-0.4, -0.2) is 95.9 Å². The van der Waals surface area contributed by atoms with Crippen molar-refractivity contribution in [1.82, 2.24) is 0 Å². The topological polar surface area (TPSA) is 231 Å². The number of hydrogen-bond donors (Lipinski definition) is 4. The van der Waals surface area contributed by atoms with Crippen molar-refractivity contribution in [2.75, 3.05) is 39.6 Å². The molecule has 0 aliphatic carbocycles. The van der Waals surface area contributed by atoms with Gasteiger partial charge in [0.2, 0.25) is 0 Å². The number of aliphatic hydroxyl groups is 2. The first-order valence-corrected chi connectivity index (χ1v) is 55.1. The van der Waals surface area contributed by atoms with Crippen LogP contribution in [0.4, 0.5) is 0 Å². The lowest BCUT2D eigenvalue weighted by Crippen LogP contribution is -2.30. The smallest absolute Gasteiger partial charge is 0.463 e. The van der Waals surface area contributed by atoms with Crippen LogP contribution < -0.4 is 0 Å². The fourth-order valence-corrected chi connectivity index (χ4v) is 15.9. The molecule has 0 bridgehead atoms. The Kier molecular flexibility index (Phi) is 97.4. The molecule has 0 rings (SSSR count). The molecule has 0 saturated carbocycles. The molecule has 0 aliphatic rings. The Labute approximate surface area is 789 Å². The van der Waals surface area contributed by atoms with Crippen LogP contribution in [0.3, 0.4) is 0 Å². The third-order valence-electron chi connectivity index (χ3n) is 22.1.